The number of hydrogen-bond acceptors (Lipinski definition) is 5. The van der Waals surface area contributed by atoms with Crippen LogP contribution in [0.5, 0.6) is 5.75 Å². The highest BCUT2D eigenvalue weighted by Crippen LogP contribution is 2.41. The molecule has 4 nitrogen and oxygen atoms in total. The fraction of sp³-hybridized carbons (Fsp3) is 0.438. The van der Waals surface area contributed by atoms with Crippen LogP contribution < -0.4 is 10.1 Å². The third-order valence-electron chi connectivity index (χ3n) is 3.52. The Balaban J connectivity index is 1.37. The fourth-order valence-corrected chi connectivity index (χ4v) is 3.10. The second-order valence-electron chi connectivity index (χ2n) is 5.62. The largest absolute Gasteiger partial charge is 0.491 e. The number of halogens is 2. The highest BCUT2D eigenvalue weighted by molar-refractivity contribution is 7.09. The van der Waals surface area contributed by atoms with Crippen molar-refractivity contribution in [3.8, 4) is 5.75 Å². The average Bonchev–Trinajstić information content (AvgIpc) is 3.28. The van der Waals surface area contributed by atoms with E-state index in [0.717, 1.165) is 17.8 Å². The first-order valence-electron chi connectivity index (χ1n) is 7.53. The predicted octanol–water partition coefficient (Wildman–Crippen LogP) is 2.83. The highest BCUT2D eigenvalue weighted by atomic mass is 32.1. The molecule has 1 aromatic heterocycles. The molecule has 1 aliphatic rings. The van der Waals surface area contributed by atoms with Crippen molar-refractivity contribution in [3.05, 3.63) is 45.9 Å². The van der Waals surface area contributed by atoms with E-state index in [-0.39, 0.29) is 12.4 Å². The van der Waals surface area contributed by atoms with Crippen molar-refractivity contribution in [3.63, 3.8) is 0 Å². The van der Waals surface area contributed by atoms with Gasteiger partial charge in [0, 0.05) is 30.5 Å². The summed E-state index contributed by atoms with van der Waals surface area (Å²) in [7, 11) is 0. The van der Waals surface area contributed by atoms with E-state index in [9.17, 15) is 13.9 Å². The molecule has 1 fully saturated rings. The maximum atomic E-state index is 13.0. The maximum Gasteiger partial charge on any atom is 0.162 e. The SMILES string of the molecule is OC(CNCc1csc(C2CC2)n1)COc1ccc(F)c(F)c1. The van der Waals surface area contributed by atoms with Crippen LogP contribution in [-0.2, 0) is 6.54 Å². The number of nitrogens with zero attached hydrogens (tertiary/aromatic N) is 1. The minimum Gasteiger partial charge on any atom is -0.491 e. The summed E-state index contributed by atoms with van der Waals surface area (Å²) in [5.41, 5.74) is 0.977. The van der Waals surface area contributed by atoms with Gasteiger partial charge in [-0.25, -0.2) is 13.8 Å². The molecular weight excluding hydrogens is 322 g/mol. The van der Waals surface area contributed by atoms with Gasteiger partial charge in [0.1, 0.15) is 18.5 Å². The first-order valence-corrected chi connectivity index (χ1v) is 8.40. The van der Waals surface area contributed by atoms with E-state index in [1.165, 1.54) is 23.9 Å². The van der Waals surface area contributed by atoms with Crippen molar-refractivity contribution in [1.29, 1.82) is 0 Å². The van der Waals surface area contributed by atoms with Gasteiger partial charge in [0.25, 0.3) is 0 Å². The molecule has 2 aromatic rings. The monoisotopic (exact) mass is 340 g/mol. The third-order valence-corrected chi connectivity index (χ3v) is 4.57. The van der Waals surface area contributed by atoms with Gasteiger partial charge >= 0.3 is 0 Å². The normalized spacial score (nSPS) is 15.6. The summed E-state index contributed by atoms with van der Waals surface area (Å²) >= 11 is 1.68. The van der Waals surface area contributed by atoms with Crippen LogP contribution in [0.2, 0.25) is 0 Å². The molecule has 1 aromatic carbocycles. The van der Waals surface area contributed by atoms with Crippen LogP contribution in [0.4, 0.5) is 8.78 Å². The van der Waals surface area contributed by atoms with E-state index in [1.807, 2.05) is 5.38 Å². The van der Waals surface area contributed by atoms with Gasteiger partial charge in [-0.15, -0.1) is 11.3 Å². The van der Waals surface area contributed by atoms with Crippen LogP contribution in [0.25, 0.3) is 0 Å². The number of aromatic nitrogens is 1. The third kappa shape index (κ3) is 4.70. The molecule has 2 N–H and O–H groups in total. The zero-order valence-electron chi connectivity index (χ0n) is 12.5. The van der Waals surface area contributed by atoms with Crippen LogP contribution in [0, 0.1) is 11.6 Å². The fourth-order valence-electron chi connectivity index (χ4n) is 2.11. The molecule has 0 aliphatic heterocycles. The molecular formula is C16H18F2N2O2S. The highest BCUT2D eigenvalue weighted by Gasteiger charge is 2.26. The van der Waals surface area contributed by atoms with Gasteiger partial charge < -0.3 is 15.2 Å². The summed E-state index contributed by atoms with van der Waals surface area (Å²) in [5, 5.41) is 16.2. The Hall–Kier alpha value is -1.57. The summed E-state index contributed by atoms with van der Waals surface area (Å²) < 4.78 is 31.0. The van der Waals surface area contributed by atoms with Crippen molar-refractivity contribution in [2.24, 2.45) is 0 Å². The molecule has 7 heteroatoms. The van der Waals surface area contributed by atoms with Crippen LogP contribution in [0.15, 0.2) is 23.6 Å². The molecule has 0 radical (unpaired) electrons. The second-order valence-corrected chi connectivity index (χ2v) is 6.51. The van der Waals surface area contributed by atoms with Crippen LogP contribution in [0.1, 0.15) is 29.5 Å². The molecule has 0 bridgehead atoms. The quantitative estimate of drug-likeness (QED) is 0.776. The van der Waals surface area contributed by atoms with Crippen LogP contribution in [-0.4, -0.2) is 29.3 Å². The molecule has 0 amide bonds. The Morgan fingerprint density at radius 3 is 2.91 bits per heavy atom. The van der Waals surface area contributed by atoms with Crippen molar-refractivity contribution < 1.29 is 18.6 Å². The molecule has 1 atom stereocenters. The lowest BCUT2D eigenvalue weighted by Crippen LogP contribution is -2.31. The number of benzene rings is 1. The minimum absolute atomic E-state index is 0.00244. The molecule has 0 spiro atoms. The van der Waals surface area contributed by atoms with Gasteiger partial charge in [0.05, 0.1) is 10.7 Å². The lowest BCUT2D eigenvalue weighted by Gasteiger charge is -2.13. The van der Waals surface area contributed by atoms with E-state index < -0.39 is 17.7 Å². The van der Waals surface area contributed by atoms with Crippen LogP contribution in [0.3, 0.4) is 0 Å². The first kappa shape index (κ1) is 16.3. The number of hydrogen-bond donors (Lipinski definition) is 2. The van der Waals surface area contributed by atoms with Crippen molar-refractivity contribution in [2.45, 2.75) is 31.4 Å². The molecule has 1 aliphatic carbocycles. The predicted molar refractivity (Wildman–Crippen MR) is 83.7 cm³/mol. The zero-order chi connectivity index (χ0) is 16.2. The molecule has 124 valence electrons. The average molecular weight is 340 g/mol. The topological polar surface area (TPSA) is 54.4 Å². The summed E-state index contributed by atoms with van der Waals surface area (Å²) in [6.45, 7) is 0.924. The van der Waals surface area contributed by atoms with E-state index in [4.69, 9.17) is 4.74 Å². The Kier molecular flexibility index (Phi) is 5.20. The lowest BCUT2D eigenvalue weighted by atomic mass is 10.3. The van der Waals surface area contributed by atoms with Gasteiger partial charge in [-0.2, -0.15) is 0 Å². The summed E-state index contributed by atoms with van der Waals surface area (Å²) in [6, 6.07) is 3.28. The Labute approximate surface area is 137 Å². The Bertz CT molecular complexity index is 661. The molecule has 23 heavy (non-hydrogen) atoms. The van der Waals surface area contributed by atoms with Crippen LogP contribution >= 0.6 is 11.3 Å². The van der Waals surface area contributed by atoms with E-state index >= 15 is 0 Å². The van der Waals surface area contributed by atoms with Gasteiger partial charge in [-0.3, -0.25) is 0 Å². The number of aliphatic hydroxyl groups excluding tert-OH is 1. The summed E-state index contributed by atoms with van der Waals surface area (Å²) in [5.74, 6) is -1.04. The lowest BCUT2D eigenvalue weighted by molar-refractivity contribution is 0.106. The first-order chi connectivity index (χ1) is 11.1. The number of aliphatic hydroxyl groups is 1. The zero-order valence-corrected chi connectivity index (χ0v) is 13.3. The van der Waals surface area contributed by atoms with Crippen molar-refractivity contribution in [1.82, 2.24) is 10.3 Å². The summed E-state index contributed by atoms with van der Waals surface area (Å²) in [6.07, 6.45) is 1.73. The minimum atomic E-state index is -0.967. The molecule has 1 saturated carbocycles. The smallest absolute Gasteiger partial charge is 0.162 e. The molecule has 1 heterocycles. The van der Waals surface area contributed by atoms with E-state index in [1.54, 1.807) is 11.3 Å². The van der Waals surface area contributed by atoms with Gasteiger partial charge in [0.2, 0.25) is 0 Å². The van der Waals surface area contributed by atoms with E-state index in [2.05, 4.69) is 10.3 Å². The second kappa shape index (κ2) is 7.33. The maximum absolute atomic E-state index is 13.0. The molecule has 0 saturated heterocycles. The summed E-state index contributed by atoms with van der Waals surface area (Å²) in [4.78, 5) is 4.55. The van der Waals surface area contributed by atoms with Gasteiger partial charge in [0.15, 0.2) is 11.6 Å². The number of nitrogens with one attached hydrogen (secondary N) is 1. The Morgan fingerprint density at radius 2 is 2.17 bits per heavy atom. The number of rotatable bonds is 8. The standard InChI is InChI=1S/C16H18F2N2O2S/c17-14-4-3-13(5-15(14)18)22-8-12(21)7-19-6-11-9-23-16(20-11)10-1-2-10/h3-5,9-10,12,19,21H,1-2,6-8H2. The van der Waals surface area contributed by atoms with Crippen molar-refractivity contribution >= 4 is 11.3 Å². The van der Waals surface area contributed by atoms with Gasteiger partial charge in [-0.05, 0) is 25.0 Å². The number of ether oxygens (including phenoxy) is 1. The molecule has 3 rings (SSSR count). The number of thiazole rings is 1. The molecule has 1 unspecified atom stereocenters. The van der Waals surface area contributed by atoms with Crippen molar-refractivity contribution in [2.75, 3.05) is 13.2 Å². The van der Waals surface area contributed by atoms with E-state index in [0.29, 0.717) is 19.0 Å². The van der Waals surface area contributed by atoms with Gasteiger partial charge in [-0.1, -0.05) is 0 Å². The Morgan fingerprint density at radius 1 is 1.35 bits per heavy atom.